The maximum atomic E-state index is 12.1. The largest absolute Gasteiger partial charge is 0.340 e. The van der Waals surface area contributed by atoms with Crippen molar-refractivity contribution in [3.63, 3.8) is 0 Å². The van der Waals surface area contributed by atoms with Gasteiger partial charge in [-0.3, -0.25) is 4.79 Å². The lowest BCUT2D eigenvalue weighted by Gasteiger charge is -2.24. The van der Waals surface area contributed by atoms with E-state index >= 15 is 0 Å². The lowest BCUT2D eigenvalue weighted by molar-refractivity contribution is -0.129. The third kappa shape index (κ3) is 4.58. The lowest BCUT2D eigenvalue weighted by atomic mass is 10.2. The van der Waals surface area contributed by atoms with Crippen LogP contribution in [0.1, 0.15) is 40.0 Å². The van der Waals surface area contributed by atoms with E-state index in [1.54, 1.807) is 0 Å². The molecular formula is C14H29N3O. The molecular weight excluding hydrogens is 226 g/mol. The predicted molar refractivity (Wildman–Crippen MR) is 75.7 cm³/mol. The van der Waals surface area contributed by atoms with Crippen molar-refractivity contribution in [1.29, 1.82) is 0 Å². The third-order valence-electron chi connectivity index (χ3n) is 3.61. The maximum Gasteiger partial charge on any atom is 0.239 e. The summed E-state index contributed by atoms with van der Waals surface area (Å²) < 4.78 is 0. The number of amides is 1. The molecule has 1 rings (SSSR count). The first kappa shape index (κ1) is 15.4. The van der Waals surface area contributed by atoms with Crippen molar-refractivity contribution in [1.82, 2.24) is 15.1 Å². The molecule has 0 aromatic rings. The van der Waals surface area contributed by atoms with Crippen molar-refractivity contribution in [3.8, 4) is 0 Å². The number of rotatable bonds is 9. The van der Waals surface area contributed by atoms with Crippen LogP contribution in [-0.4, -0.2) is 61.0 Å². The molecule has 1 unspecified atom stereocenters. The first-order valence-corrected chi connectivity index (χ1v) is 7.47. The van der Waals surface area contributed by atoms with Gasteiger partial charge in [-0.25, -0.2) is 0 Å². The quantitative estimate of drug-likeness (QED) is 0.675. The number of carbonyl (C=O) groups is 1. The van der Waals surface area contributed by atoms with Crippen LogP contribution < -0.4 is 5.32 Å². The van der Waals surface area contributed by atoms with E-state index < -0.39 is 0 Å². The topological polar surface area (TPSA) is 35.6 Å². The Morgan fingerprint density at radius 2 is 2.06 bits per heavy atom. The van der Waals surface area contributed by atoms with E-state index in [0.717, 1.165) is 52.1 Å². The molecule has 1 saturated heterocycles. The molecule has 0 bridgehead atoms. The summed E-state index contributed by atoms with van der Waals surface area (Å²) in [5.74, 6) is 0.302. The maximum absolute atomic E-state index is 12.1. The van der Waals surface area contributed by atoms with Gasteiger partial charge in [-0.2, -0.15) is 0 Å². The van der Waals surface area contributed by atoms with Crippen molar-refractivity contribution in [3.05, 3.63) is 0 Å². The van der Waals surface area contributed by atoms with E-state index in [2.05, 4.69) is 31.0 Å². The Balaban J connectivity index is 2.29. The van der Waals surface area contributed by atoms with E-state index in [9.17, 15) is 4.79 Å². The van der Waals surface area contributed by atoms with Crippen LogP contribution in [-0.2, 0) is 4.79 Å². The zero-order chi connectivity index (χ0) is 13.4. The molecule has 1 aliphatic rings. The first-order chi connectivity index (χ1) is 8.72. The number of nitrogens with zero attached hydrogens (tertiary/aromatic N) is 2. The highest BCUT2D eigenvalue weighted by Crippen LogP contribution is 2.11. The van der Waals surface area contributed by atoms with Crippen molar-refractivity contribution < 1.29 is 4.79 Å². The second-order valence-corrected chi connectivity index (χ2v) is 5.05. The van der Waals surface area contributed by atoms with Crippen molar-refractivity contribution in [2.75, 3.05) is 39.3 Å². The number of hydrogen-bond acceptors (Lipinski definition) is 3. The van der Waals surface area contributed by atoms with Gasteiger partial charge in [0, 0.05) is 19.6 Å². The minimum atomic E-state index is 0.0752. The summed E-state index contributed by atoms with van der Waals surface area (Å²) in [5, 5.41) is 3.33. The number of likely N-dealkylation sites (N-methyl/N-ethyl adjacent to an activating group) is 1. The van der Waals surface area contributed by atoms with E-state index in [1.807, 2.05) is 4.90 Å². The molecule has 0 radical (unpaired) electrons. The molecule has 0 spiro atoms. The zero-order valence-electron chi connectivity index (χ0n) is 12.2. The Kier molecular flexibility index (Phi) is 7.28. The Labute approximate surface area is 112 Å². The standard InChI is InChI=1S/C14H29N3O/c1-4-8-15-13-7-10-17(14(13)18)12-11-16(6-3)9-5-2/h13,15H,4-12H2,1-3H3. The molecule has 4 nitrogen and oxygen atoms in total. The van der Waals surface area contributed by atoms with Gasteiger partial charge in [0.2, 0.25) is 5.91 Å². The van der Waals surface area contributed by atoms with E-state index in [4.69, 9.17) is 0 Å². The summed E-state index contributed by atoms with van der Waals surface area (Å²) in [6.07, 6.45) is 3.24. The normalized spacial score (nSPS) is 20.1. The smallest absolute Gasteiger partial charge is 0.239 e. The van der Waals surface area contributed by atoms with E-state index in [0.29, 0.717) is 5.91 Å². The van der Waals surface area contributed by atoms with Crippen LogP contribution in [0.5, 0.6) is 0 Å². The van der Waals surface area contributed by atoms with Crippen molar-refractivity contribution in [2.24, 2.45) is 0 Å². The average Bonchev–Trinajstić information content (AvgIpc) is 2.73. The summed E-state index contributed by atoms with van der Waals surface area (Å²) in [6, 6.07) is 0.0752. The van der Waals surface area contributed by atoms with Gasteiger partial charge >= 0.3 is 0 Å². The molecule has 1 aliphatic heterocycles. The Morgan fingerprint density at radius 3 is 2.67 bits per heavy atom. The molecule has 0 aliphatic carbocycles. The number of hydrogen-bond donors (Lipinski definition) is 1. The summed E-state index contributed by atoms with van der Waals surface area (Å²) in [5.41, 5.74) is 0. The van der Waals surface area contributed by atoms with E-state index in [-0.39, 0.29) is 6.04 Å². The molecule has 18 heavy (non-hydrogen) atoms. The fourth-order valence-electron chi connectivity index (χ4n) is 2.48. The lowest BCUT2D eigenvalue weighted by Crippen LogP contribution is -2.41. The Hall–Kier alpha value is -0.610. The van der Waals surface area contributed by atoms with Crippen LogP contribution in [0.3, 0.4) is 0 Å². The molecule has 4 heteroatoms. The van der Waals surface area contributed by atoms with Crippen LogP contribution in [0.4, 0.5) is 0 Å². The minimum Gasteiger partial charge on any atom is -0.340 e. The third-order valence-corrected chi connectivity index (χ3v) is 3.61. The van der Waals surface area contributed by atoms with Crippen LogP contribution in [0.25, 0.3) is 0 Å². The van der Waals surface area contributed by atoms with Gasteiger partial charge in [0.05, 0.1) is 6.04 Å². The average molecular weight is 255 g/mol. The van der Waals surface area contributed by atoms with Gasteiger partial charge in [-0.15, -0.1) is 0 Å². The van der Waals surface area contributed by atoms with Gasteiger partial charge in [0.1, 0.15) is 0 Å². The molecule has 0 saturated carbocycles. The highest BCUT2D eigenvalue weighted by atomic mass is 16.2. The number of nitrogens with one attached hydrogen (secondary N) is 1. The van der Waals surface area contributed by atoms with Crippen molar-refractivity contribution >= 4 is 5.91 Å². The monoisotopic (exact) mass is 255 g/mol. The zero-order valence-corrected chi connectivity index (χ0v) is 12.2. The summed E-state index contributed by atoms with van der Waals surface area (Å²) >= 11 is 0. The molecule has 1 atom stereocenters. The van der Waals surface area contributed by atoms with Crippen LogP contribution >= 0.6 is 0 Å². The van der Waals surface area contributed by atoms with Gasteiger partial charge in [-0.1, -0.05) is 20.8 Å². The van der Waals surface area contributed by atoms with Gasteiger partial charge in [0.25, 0.3) is 0 Å². The number of likely N-dealkylation sites (tertiary alicyclic amines) is 1. The molecule has 1 amide bonds. The van der Waals surface area contributed by atoms with Crippen LogP contribution in [0.15, 0.2) is 0 Å². The highest BCUT2D eigenvalue weighted by Gasteiger charge is 2.30. The summed E-state index contributed by atoms with van der Waals surface area (Å²) in [7, 11) is 0. The van der Waals surface area contributed by atoms with E-state index in [1.165, 1.54) is 6.42 Å². The fraction of sp³-hybridized carbons (Fsp3) is 0.929. The summed E-state index contributed by atoms with van der Waals surface area (Å²) in [6.45, 7) is 12.5. The van der Waals surface area contributed by atoms with Crippen LogP contribution in [0.2, 0.25) is 0 Å². The van der Waals surface area contributed by atoms with Crippen LogP contribution in [0, 0.1) is 0 Å². The summed E-state index contributed by atoms with van der Waals surface area (Å²) in [4.78, 5) is 16.6. The molecule has 1 heterocycles. The Bertz CT molecular complexity index is 245. The molecule has 1 N–H and O–H groups in total. The number of carbonyl (C=O) groups excluding carboxylic acids is 1. The molecule has 1 fully saturated rings. The van der Waals surface area contributed by atoms with Gasteiger partial charge in [0.15, 0.2) is 0 Å². The second-order valence-electron chi connectivity index (χ2n) is 5.05. The fourth-order valence-corrected chi connectivity index (χ4v) is 2.48. The minimum absolute atomic E-state index is 0.0752. The SMILES string of the molecule is CCCNC1CCN(CCN(CC)CCC)C1=O. The molecule has 0 aromatic carbocycles. The second kappa shape index (κ2) is 8.48. The molecule has 0 aromatic heterocycles. The Morgan fingerprint density at radius 1 is 1.28 bits per heavy atom. The van der Waals surface area contributed by atoms with Gasteiger partial charge < -0.3 is 15.1 Å². The molecule has 106 valence electrons. The van der Waals surface area contributed by atoms with Crippen molar-refractivity contribution in [2.45, 2.75) is 46.1 Å². The first-order valence-electron chi connectivity index (χ1n) is 7.47. The predicted octanol–water partition coefficient (Wildman–Crippen LogP) is 1.32. The highest BCUT2D eigenvalue weighted by molar-refractivity contribution is 5.83. The van der Waals surface area contributed by atoms with Gasteiger partial charge in [-0.05, 0) is 38.9 Å².